The molecule has 0 spiro atoms. The topological polar surface area (TPSA) is 161 Å². The fraction of sp³-hybridized carbons (Fsp3) is 0.286. The Bertz CT molecular complexity index is 1310. The van der Waals surface area contributed by atoms with Crippen molar-refractivity contribution in [3.05, 3.63) is 84.1 Å². The van der Waals surface area contributed by atoms with Gasteiger partial charge in [0, 0.05) is 54.5 Å². The minimum atomic E-state index is -4.99. The maximum atomic E-state index is 13.2. The number of aromatic nitrogens is 2. The van der Waals surface area contributed by atoms with Crippen molar-refractivity contribution in [2.45, 2.75) is 24.9 Å². The van der Waals surface area contributed by atoms with E-state index in [4.69, 9.17) is 0 Å². The lowest BCUT2D eigenvalue weighted by Crippen LogP contribution is -2.34. The molecule has 4 rings (SSSR count). The molecule has 188 valence electrons. The second-order valence-corrected chi connectivity index (χ2v) is 8.15. The lowest BCUT2D eigenvalue weighted by molar-refractivity contribution is -0.393. The predicted octanol–water partition coefficient (Wildman–Crippen LogP) is 5.20. The lowest BCUT2D eigenvalue weighted by Gasteiger charge is -2.32. The molecule has 3 aromatic rings. The summed E-state index contributed by atoms with van der Waals surface area (Å²) in [6, 6.07) is 8.28. The molecule has 36 heavy (non-hydrogen) atoms. The van der Waals surface area contributed by atoms with Gasteiger partial charge in [0.1, 0.15) is 0 Å². The molecule has 12 nitrogen and oxygen atoms in total. The van der Waals surface area contributed by atoms with Gasteiger partial charge in [-0.05, 0) is 18.9 Å². The van der Waals surface area contributed by atoms with Crippen LogP contribution >= 0.6 is 0 Å². The third kappa shape index (κ3) is 4.80. The number of benzene rings is 2. The third-order valence-corrected chi connectivity index (χ3v) is 5.99. The standard InChI is InChI=1S/C21H17F3N6O6/c22-21(23,24)14-9-18(29(33)34)20(19(10-14)30(35)36)27-6-4-12(5-7-27)16-11-17(26-25-16)13-2-1-3-15(8-13)28(31)32/h1-3,8-12H,4-7H2,(H,25,26). The zero-order valence-corrected chi connectivity index (χ0v) is 18.3. The summed E-state index contributed by atoms with van der Waals surface area (Å²) in [6.07, 6.45) is -4.23. The molecule has 1 saturated heterocycles. The quantitative estimate of drug-likeness (QED) is 0.352. The molecule has 1 N–H and O–H groups in total. The van der Waals surface area contributed by atoms with Gasteiger partial charge in [-0.25, -0.2) is 0 Å². The summed E-state index contributed by atoms with van der Waals surface area (Å²) in [6.45, 7) is 0.228. The fourth-order valence-corrected chi connectivity index (χ4v) is 4.26. The molecule has 0 atom stereocenters. The second kappa shape index (κ2) is 9.24. The summed E-state index contributed by atoms with van der Waals surface area (Å²) in [5.41, 5.74) is -2.28. The Morgan fingerprint density at radius 2 is 1.53 bits per heavy atom. The van der Waals surface area contributed by atoms with E-state index in [0.29, 0.717) is 41.9 Å². The molecule has 2 heterocycles. The van der Waals surface area contributed by atoms with Crippen LogP contribution in [-0.2, 0) is 6.18 Å². The number of anilines is 1. The van der Waals surface area contributed by atoms with Crippen molar-refractivity contribution < 1.29 is 27.9 Å². The van der Waals surface area contributed by atoms with Crippen molar-refractivity contribution in [3.8, 4) is 11.3 Å². The maximum absolute atomic E-state index is 13.2. The van der Waals surface area contributed by atoms with Gasteiger partial charge >= 0.3 is 6.18 Å². The SMILES string of the molecule is O=[N+]([O-])c1cccc(-c2cc(C3CCN(c4c([N+](=O)[O-])cc(C(F)(F)F)cc4[N+](=O)[O-])CC3)[nH]n2)c1. The number of nitro benzene ring substituents is 3. The maximum Gasteiger partial charge on any atom is 0.416 e. The van der Waals surface area contributed by atoms with Crippen molar-refractivity contribution in [2.75, 3.05) is 18.0 Å². The molecule has 1 fully saturated rings. The molecular weight excluding hydrogens is 489 g/mol. The number of H-pyrrole nitrogens is 1. The Balaban J connectivity index is 1.58. The van der Waals surface area contributed by atoms with Crippen molar-refractivity contribution in [3.63, 3.8) is 0 Å². The summed E-state index contributed by atoms with van der Waals surface area (Å²) >= 11 is 0. The van der Waals surface area contributed by atoms with Gasteiger partial charge in [0.15, 0.2) is 5.69 Å². The number of non-ortho nitro benzene ring substituents is 1. The second-order valence-electron chi connectivity index (χ2n) is 8.15. The first-order chi connectivity index (χ1) is 17.0. The molecule has 0 unspecified atom stereocenters. The Labute approximate surface area is 199 Å². The van der Waals surface area contributed by atoms with Gasteiger partial charge in [-0.15, -0.1) is 0 Å². The number of alkyl halides is 3. The molecule has 0 bridgehead atoms. The van der Waals surface area contributed by atoms with Gasteiger partial charge in [0.2, 0.25) is 0 Å². The number of nitro groups is 3. The molecule has 1 aliphatic heterocycles. The Morgan fingerprint density at radius 1 is 0.917 bits per heavy atom. The summed E-state index contributed by atoms with van der Waals surface area (Å²) in [7, 11) is 0. The Morgan fingerprint density at radius 3 is 2.06 bits per heavy atom. The van der Waals surface area contributed by atoms with Crippen LogP contribution in [0.3, 0.4) is 0 Å². The molecular formula is C21H17F3N6O6. The smallest absolute Gasteiger partial charge is 0.360 e. The number of halogens is 3. The Hall–Kier alpha value is -4.56. The van der Waals surface area contributed by atoms with E-state index in [2.05, 4.69) is 10.2 Å². The monoisotopic (exact) mass is 506 g/mol. The summed E-state index contributed by atoms with van der Waals surface area (Å²) < 4.78 is 39.5. The molecule has 0 aliphatic carbocycles. The van der Waals surface area contributed by atoms with E-state index in [9.17, 15) is 43.5 Å². The molecule has 0 saturated carbocycles. The largest absolute Gasteiger partial charge is 0.416 e. The van der Waals surface area contributed by atoms with E-state index in [-0.39, 0.29) is 24.7 Å². The number of piperidine rings is 1. The van der Waals surface area contributed by atoms with Crippen LogP contribution in [0.5, 0.6) is 0 Å². The highest BCUT2D eigenvalue weighted by Gasteiger charge is 2.40. The first kappa shape index (κ1) is 24.6. The van der Waals surface area contributed by atoms with Crippen molar-refractivity contribution in [2.24, 2.45) is 0 Å². The molecule has 1 aliphatic rings. The van der Waals surface area contributed by atoms with Gasteiger partial charge in [0.25, 0.3) is 17.1 Å². The molecule has 2 aromatic carbocycles. The first-order valence-electron chi connectivity index (χ1n) is 10.5. The predicted molar refractivity (Wildman–Crippen MR) is 120 cm³/mol. The van der Waals surface area contributed by atoms with Crippen molar-refractivity contribution >= 4 is 22.7 Å². The minimum absolute atomic E-state index is 0.0925. The summed E-state index contributed by atoms with van der Waals surface area (Å²) in [5.74, 6) is -0.117. The number of aromatic amines is 1. The average molecular weight is 506 g/mol. The van der Waals surface area contributed by atoms with E-state index in [1.165, 1.54) is 23.1 Å². The van der Waals surface area contributed by atoms with Crippen LogP contribution in [0.15, 0.2) is 42.5 Å². The number of nitrogens with zero attached hydrogens (tertiary/aromatic N) is 5. The van der Waals surface area contributed by atoms with Crippen molar-refractivity contribution in [1.82, 2.24) is 10.2 Å². The average Bonchev–Trinajstić information content (AvgIpc) is 3.33. The third-order valence-electron chi connectivity index (χ3n) is 5.99. The van der Waals surface area contributed by atoms with E-state index >= 15 is 0 Å². The van der Waals surface area contributed by atoms with Gasteiger partial charge in [0.05, 0.1) is 26.0 Å². The highest BCUT2D eigenvalue weighted by Crippen LogP contribution is 2.44. The van der Waals surface area contributed by atoms with Gasteiger partial charge < -0.3 is 4.90 Å². The summed E-state index contributed by atoms with van der Waals surface area (Å²) in [4.78, 5) is 32.8. The zero-order valence-electron chi connectivity index (χ0n) is 18.3. The normalized spacial score (nSPS) is 14.6. The van der Waals surface area contributed by atoms with Crippen LogP contribution in [-0.4, -0.2) is 38.1 Å². The van der Waals surface area contributed by atoms with E-state index < -0.39 is 43.6 Å². The van der Waals surface area contributed by atoms with E-state index in [0.717, 1.165) is 0 Å². The Kier molecular flexibility index (Phi) is 6.30. The number of rotatable bonds is 6. The number of nitrogens with one attached hydrogen (secondary N) is 1. The highest BCUT2D eigenvalue weighted by molar-refractivity contribution is 5.76. The van der Waals surface area contributed by atoms with Crippen molar-refractivity contribution in [1.29, 1.82) is 0 Å². The van der Waals surface area contributed by atoms with E-state index in [1.54, 1.807) is 12.1 Å². The van der Waals surface area contributed by atoms with Gasteiger partial charge in [-0.2, -0.15) is 18.3 Å². The lowest BCUT2D eigenvalue weighted by atomic mass is 9.92. The summed E-state index contributed by atoms with van der Waals surface area (Å²) in [5, 5.41) is 41.2. The fourth-order valence-electron chi connectivity index (χ4n) is 4.26. The van der Waals surface area contributed by atoms with E-state index in [1.807, 2.05) is 0 Å². The van der Waals surface area contributed by atoms with Crippen LogP contribution in [0.25, 0.3) is 11.3 Å². The number of hydrogen-bond acceptors (Lipinski definition) is 8. The van der Waals surface area contributed by atoms with Gasteiger partial charge in [-0.1, -0.05) is 12.1 Å². The number of hydrogen-bond donors (Lipinski definition) is 1. The molecule has 15 heteroatoms. The van der Waals surface area contributed by atoms with Crippen LogP contribution < -0.4 is 4.90 Å². The molecule has 1 aromatic heterocycles. The highest BCUT2D eigenvalue weighted by atomic mass is 19.4. The van der Waals surface area contributed by atoms with Gasteiger partial charge in [-0.3, -0.25) is 35.4 Å². The van der Waals surface area contributed by atoms with Crippen LogP contribution in [0.2, 0.25) is 0 Å². The molecule has 0 radical (unpaired) electrons. The van der Waals surface area contributed by atoms with Crippen LogP contribution in [0.1, 0.15) is 30.0 Å². The zero-order chi connectivity index (χ0) is 26.2. The van der Waals surface area contributed by atoms with Crippen LogP contribution in [0, 0.1) is 30.3 Å². The first-order valence-corrected chi connectivity index (χ1v) is 10.5. The minimum Gasteiger partial charge on any atom is -0.360 e. The molecule has 0 amide bonds. The van der Waals surface area contributed by atoms with Crippen LogP contribution in [0.4, 0.5) is 35.9 Å².